The summed E-state index contributed by atoms with van der Waals surface area (Å²) in [4.78, 5) is 17.3. The predicted octanol–water partition coefficient (Wildman–Crippen LogP) is 8.42. The Balaban J connectivity index is 1.20. The number of fused-ring (bicyclic) bond motifs is 3. The molecule has 6 rings (SSSR count). The van der Waals surface area contributed by atoms with E-state index in [0.29, 0.717) is 36.3 Å². The number of carboxylic acids is 1. The fourth-order valence-corrected chi connectivity index (χ4v) is 7.67. The van der Waals surface area contributed by atoms with Crippen LogP contribution in [-0.2, 0) is 16.6 Å². The number of anilines is 1. The van der Waals surface area contributed by atoms with Crippen molar-refractivity contribution < 1.29 is 14.6 Å². The van der Waals surface area contributed by atoms with Crippen molar-refractivity contribution in [3.63, 3.8) is 0 Å². The first kappa shape index (κ1) is 27.8. The first-order valence-corrected chi connectivity index (χ1v) is 15.4. The van der Waals surface area contributed by atoms with E-state index in [9.17, 15) is 9.90 Å². The molecule has 1 fully saturated rings. The average Bonchev–Trinajstić information content (AvgIpc) is 3.25. The number of nitrogens with one attached hydrogen (secondary N) is 1. The quantitative estimate of drug-likeness (QED) is 0.284. The van der Waals surface area contributed by atoms with Crippen molar-refractivity contribution in [3.8, 4) is 5.75 Å². The van der Waals surface area contributed by atoms with Crippen molar-refractivity contribution in [2.75, 3.05) is 11.9 Å². The smallest absolute Gasteiger partial charge is 0.329 e. The van der Waals surface area contributed by atoms with Gasteiger partial charge in [-0.3, -0.25) is 4.98 Å². The SMILES string of the molecule is C[C@@H](COc1ccnc2c1[C@H](C)CCC2)CC1=Cc2ccccc2C12CCC(Nc1cccc(Cl)c1)(C(=O)O)CC2. The molecule has 3 aliphatic rings. The van der Waals surface area contributed by atoms with E-state index in [1.54, 1.807) is 12.1 Å². The predicted molar refractivity (Wildman–Crippen MR) is 165 cm³/mol. The molecule has 0 unspecified atom stereocenters. The third kappa shape index (κ3) is 5.25. The lowest BCUT2D eigenvalue weighted by molar-refractivity contribution is -0.143. The van der Waals surface area contributed by atoms with Crippen LogP contribution in [0.5, 0.6) is 5.75 Å². The number of aliphatic carboxylic acids is 1. The molecule has 1 aromatic heterocycles. The second-order valence-electron chi connectivity index (χ2n) is 12.4. The molecule has 3 aliphatic carbocycles. The van der Waals surface area contributed by atoms with E-state index < -0.39 is 11.5 Å². The van der Waals surface area contributed by atoms with Crippen LogP contribution in [0, 0.1) is 5.92 Å². The van der Waals surface area contributed by atoms with Crippen LogP contribution >= 0.6 is 11.6 Å². The molecule has 0 saturated heterocycles. The molecule has 2 atom stereocenters. The summed E-state index contributed by atoms with van der Waals surface area (Å²) in [7, 11) is 0. The van der Waals surface area contributed by atoms with Crippen LogP contribution in [0.25, 0.3) is 6.08 Å². The monoisotopic (exact) mass is 570 g/mol. The lowest BCUT2D eigenvalue weighted by Gasteiger charge is -2.46. The Kier molecular flexibility index (Phi) is 7.58. The number of pyridine rings is 1. The molecule has 0 aliphatic heterocycles. The number of ether oxygens (including phenoxy) is 1. The molecule has 3 aromatic rings. The van der Waals surface area contributed by atoms with Gasteiger partial charge >= 0.3 is 5.97 Å². The number of hydrogen-bond donors (Lipinski definition) is 2. The first-order valence-electron chi connectivity index (χ1n) is 15.0. The highest BCUT2D eigenvalue weighted by Gasteiger charge is 2.51. The lowest BCUT2D eigenvalue weighted by Crippen LogP contribution is -2.52. The maximum Gasteiger partial charge on any atom is 0.329 e. The van der Waals surface area contributed by atoms with E-state index in [1.165, 1.54) is 40.8 Å². The number of allylic oxidation sites excluding steroid dienone is 1. The number of rotatable bonds is 8. The third-order valence-corrected chi connectivity index (χ3v) is 9.90. The van der Waals surface area contributed by atoms with Gasteiger partial charge < -0.3 is 15.2 Å². The average molecular weight is 571 g/mol. The molecule has 2 aromatic carbocycles. The van der Waals surface area contributed by atoms with E-state index in [-0.39, 0.29) is 5.41 Å². The minimum Gasteiger partial charge on any atom is -0.493 e. The molecule has 0 amide bonds. The maximum absolute atomic E-state index is 12.7. The van der Waals surface area contributed by atoms with Gasteiger partial charge in [-0.15, -0.1) is 0 Å². The number of carbonyl (C=O) groups is 1. The summed E-state index contributed by atoms with van der Waals surface area (Å²) in [5.41, 5.74) is 6.06. The van der Waals surface area contributed by atoms with Gasteiger partial charge in [0.1, 0.15) is 11.3 Å². The molecule has 2 N–H and O–H groups in total. The van der Waals surface area contributed by atoms with Gasteiger partial charge in [0.15, 0.2) is 0 Å². The van der Waals surface area contributed by atoms with E-state index in [1.807, 2.05) is 24.4 Å². The molecule has 1 spiro atoms. The van der Waals surface area contributed by atoms with Crippen molar-refractivity contribution in [1.82, 2.24) is 4.98 Å². The summed E-state index contributed by atoms with van der Waals surface area (Å²) < 4.78 is 6.47. The minimum absolute atomic E-state index is 0.149. The van der Waals surface area contributed by atoms with Crippen molar-refractivity contribution in [3.05, 3.63) is 93.8 Å². The third-order valence-electron chi connectivity index (χ3n) is 9.66. The van der Waals surface area contributed by atoms with Crippen LogP contribution in [-0.4, -0.2) is 28.2 Å². The second kappa shape index (κ2) is 11.2. The van der Waals surface area contributed by atoms with Crippen molar-refractivity contribution in [2.45, 2.75) is 82.1 Å². The summed E-state index contributed by atoms with van der Waals surface area (Å²) >= 11 is 6.21. The number of nitrogens with zero attached hydrogens (tertiary/aromatic N) is 1. The molecule has 41 heavy (non-hydrogen) atoms. The number of carboxylic acid groups (broad SMARTS) is 1. The van der Waals surface area contributed by atoms with Crippen LogP contribution in [0.2, 0.25) is 5.02 Å². The number of hydrogen-bond acceptors (Lipinski definition) is 4. The maximum atomic E-state index is 12.7. The molecule has 1 saturated carbocycles. The van der Waals surface area contributed by atoms with Gasteiger partial charge in [-0.2, -0.15) is 0 Å². The summed E-state index contributed by atoms with van der Waals surface area (Å²) in [6.45, 7) is 5.18. The van der Waals surface area contributed by atoms with E-state index >= 15 is 0 Å². The van der Waals surface area contributed by atoms with Crippen LogP contribution < -0.4 is 10.1 Å². The Bertz CT molecular complexity index is 1470. The molecule has 1 heterocycles. The second-order valence-corrected chi connectivity index (χ2v) is 12.9. The summed E-state index contributed by atoms with van der Waals surface area (Å²) in [5, 5.41) is 14.4. The van der Waals surface area contributed by atoms with E-state index in [0.717, 1.165) is 37.1 Å². The Morgan fingerprint density at radius 3 is 2.73 bits per heavy atom. The Labute approximate surface area is 248 Å². The molecule has 0 radical (unpaired) electrons. The van der Waals surface area contributed by atoms with Gasteiger partial charge in [0.25, 0.3) is 0 Å². The van der Waals surface area contributed by atoms with Crippen molar-refractivity contribution in [1.29, 1.82) is 0 Å². The van der Waals surface area contributed by atoms with Gasteiger partial charge in [-0.1, -0.05) is 67.4 Å². The zero-order valence-electron chi connectivity index (χ0n) is 24.0. The summed E-state index contributed by atoms with van der Waals surface area (Å²) in [5.74, 6) is 0.973. The normalized spacial score (nSPS) is 25.6. The van der Waals surface area contributed by atoms with Crippen LogP contribution in [0.4, 0.5) is 5.69 Å². The van der Waals surface area contributed by atoms with Crippen LogP contribution in [0.1, 0.15) is 87.1 Å². The van der Waals surface area contributed by atoms with E-state index in [4.69, 9.17) is 16.3 Å². The fraction of sp³-hybridized carbons (Fsp3) is 0.429. The zero-order valence-corrected chi connectivity index (χ0v) is 24.7. The van der Waals surface area contributed by atoms with Gasteiger partial charge in [0.2, 0.25) is 0 Å². The number of halogens is 1. The first-order chi connectivity index (χ1) is 19.8. The standard InChI is InChI=1S/C35H39ClN2O3/c1-23(22-41-31-13-18-37-30-12-5-7-24(2)32(30)31)19-26-20-25-8-3-4-11-29(25)34(26)14-16-35(17-15-34,33(39)40)38-28-10-6-9-27(36)21-28/h3-4,6,8-11,13,18,20-21,23-24,38H,5,7,12,14-17,19,22H2,1-2H3,(H,39,40)/t23-,24-,34?,35?/m1/s1. The number of aryl methyl sites for hydroxylation is 1. The molecule has 214 valence electrons. The number of benzene rings is 2. The highest BCUT2D eigenvalue weighted by Crippen LogP contribution is 2.55. The lowest BCUT2D eigenvalue weighted by atomic mass is 9.61. The molecule has 5 nitrogen and oxygen atoms in total. The summed E-state index contributed by atoms with van der Waals surface area (Å²) in [6.07, 6.45) is 11.2. The minimum atomic E-state index is -1.02. The topological polar surface area (TPSA) is 71.5 Å². The Morgan fingerprint density at radius 2 is 1.95 bits per heavy atom. The highest BCUT2D eigenvalue weighted by atomic mass is 35.5. The highest BCUT2D eigenvalue weighted by molar-refractivity contribution is 6.30. The molecule has 6 heteroatoms. The van der Waals surface area contributed by atoms with Gasteiger partial charge in [-0.25, -0.2) is 4.79 Å². The molecule has 0 bridgehead atoms. The number of aromatic nitrogens is 1. The van der Waals surface area contributed by atoms with Gasteiger partial charge in [-0.05, 0) is 98.6 Å². The van der Waals surface area contributed by atoms with E-state index in [2.05, 4.69) is 54.5 Å². The van der Waals surface area contributed by atoms with Gasteiger partial charge in [0, 0.05) is 33.6 Å². The Morgan fingerprint density at radius 1 is 1.15 bits per heavy atom. The largest absolute Gasteiger partial charge is 0.493 e. The summed E-state index contributed by atoms with van der Waals surface area (Å²) in [6, 6.07) is 18.0. The van der Waals surface area contributed by atoms with Crippen LogP contribution in [0.15, 0.2) is 66.4 Å². The zero-order chi connectivity index (χ0) is 28.6. The van der Waals surface area contributed by atoms with Crippen molar-refractivity contribution >= 4 is 29.3 Å². The Hall–Kier alpha value is -3.31. The van der Waals surface area contributed by atoms with Crippen LogP contribution in [0.3, 0.4) is 0 Å². The molecular formula is C35H39ClN2O3. The van der Waals surface area contributed by atoms with Crippen molar-refractivity contribution in [2.24, 2.45) is 5.92 Å². The van der Waals surface area contributed by atoms with Gasteiger partial charge in [0.05, 0.1) is 6.61 Å². The molecular weight excluding hydrogens is 532 g/mol. The fourth-order valence-electron chi connectivity index (χ4n) is 7.48.